The third kappa shape index (κ3) is 22.6. The monoisotopic (exact) mass is 188 g/mol. The van der Waals surface area contributed by atoms with Crippen molar-refractivity contribution in [3.8, 4) is 0 Å². The molecule has 5 heteroatoms. The molecule has 0 fully saturated rings. The molecular weight excluding hydrogens is 173 g/mol. The zero-order valence-electron chi connectivity index (χ0n) is 7.70. The van der Waals surface area contributed by atoms with Gasteiger partial charge in [0, 0.05) is 7.11 Å². The maximum atomic E-state index is 10.5. The largest absolute Gasteiger partial charge is 0.411 e. The topological polar surface area (TPSA) is 29.5 Å². The molecule has 0 aromatic rings. The zero-order chi connectivity index (χ0) is 10.4. The van der Waals surface area contributed by atoms with Gasteiger partial charge in [-0.25, -0.2) is 0 Å². The molecule has 0 aliphatic heterocycles. The molecule has 0 atom stereocenters. The highest BCUT2D eigenvalue weighted by Gasteiger charge is 2.24. The number of methoxy groups -OCH3 is 1. The molecule has 0 saturated heterocycles. The third-order valence-corrected chi connectivity index (χ3v) is 0.792. The molecular formula is C7H15F3O2. The molecule has 0 bridgehead atoms. The van der Waals surface area contributed by atoms with Crippen LogP contribution in [0.5, 0.6) is 0 Å². The Bertz CT molecular complexity index is 90.2. The molecule has 0 radical (unpaired) electrons. The molecule has 0 heterocycles. The van der Waals surface area contributed by atoms with E-state index in [1.165, 1.54) is 0 Å². The van der Waals surface area contributed by atoms with Crippen molar-refractivity contribution in [3.63, 3.8) is 0 Å². The molecule has 0 spiro atoms. The maximum absolute atomic E-state index is 10.5. The van der Waals surface area contributed by atoms with Crippen LogP contribution in [0.3, 0.4) is 0 Å². The fourth-order valence-electron chi connectivity index (χ4n) is 0. The highest BCUT2D eigenvalue weighted by Crippen LogP contribution is 2.11. The first-order valence-corrected chi connectivity index (χ1v) is 3.35. The van der Waals surface area contributed by atoms with Crippen LogP contribution < -0.4 is 0 Å². The Morgan fingerprint density at radius 3 is 1.33 bits per heavy atom. The van der Waals surface area contributed by atoms with Gasteiger partial charge in [-0.15, -0.1) is 0 Å². The Balaban J connectivity index is 0. The first kappa shape index (κ1) is 14.2. The van der Waals surface area contributed by atoms with Gasteiger partial charge < -0.3 is 9.84 Å². The molecule has 0 unspecified atom stereocenters. The molecule has 0 saturated carbocycles. The Kier molecular flexibility index (Phi) is 6.38. The van der Waals surface area contributed by atoms with Crippen molar-refractivity contribution in [2.45, 2.75) is 32.5 Å². The Hall–Kier alpha value is -0.290. The Morgan fingerprint density at radius 1 is 1.17 bits per heavy atom. The summed E-state index contributed by atoms with van der Waals surface area (Å²) in [7, 11) is 1.71. The van der Waals surface area contributed by atoms with Crippen LogP contribution >= 0.6 is 0 Å². The van der Waals surface area contributed by atoms with E-state index in [1.807, 2.05) is 20.8 Å². The highest BCUT2D eigenvalue weighted by molar-refractivity contribution is 4.55. The van der Waals surface area contributed by atoms with E-state index in [2.05, 4.69) is 0 Å². The van der Waals surface area contributed by atoms with Gasteiger partial charge in [-0.1, -0.05) is 0 Å². The molecule has 0 aliphatic rings. The minimum Gasteiger partial charge on any atom is -0.387 e. The van der Waals surface area contributed by atoms with Crippen molar-refractivity contribution in [2.24, 2.45) is 0 Å². The summed E-state index contributed by atoms with van der Waals surface area (Å²) in [5, 5.41) is 7.28. The number of ether oxygens (including phenoxy) is 1. The smallest absolute Gasteiger partial charge is 0.387 e. The molecule has 1 N–H and O–H groups in total. The van der Waals surface area contributed by atoms with Gasteiger partial charge in [0.25, 0.3) is 0 Å². The minimum atomic E-state index is -4.40. The lowest BCUT2D eigenvalue weighted by molar-refractivity contribution is -0.159. The standard InChI is InChI=1S/C5H12O.C2H3F3O/c1-5(2,3)6-4;3-2(4,5)1-6/h1-4H3;6H,1H2. The van der Waals surface area contributed by atoms with Gasteiger partial charge >= 0.3 is 6.18 Å². The van der Waals surface area contributed by atoms with Crippen LogP contribution in [0.15, 0.2) is 0 Å². The van der Waals surface area contributed by atoms with Crippen molar-refractivity contribution in [3.05, 3.63) is 0 Å². The van der Waals surface area contributed by atoms with E-state index in [0.717, 1.165) is 0 Å². The van der Waals surface area contributed by atoms with Gasteiger partial charge in [-0.05, 0) is 20.8 Å². The Labute approximate surface area is 70.3 Å². The van der Waals surface area contributed by atoms with Crippen LogP contribution in [0, 0.1) is 0 Å². The predicted octanol–water partition coefficient (Wildman–Crippen LogP) is 1.97. The average Bonchev–Trinajstić information content (AvgIpc) is 1.86. The summed E-state index contributed by atoms with van der Waals surface area (Å²) < 4.78 is 36.5. The van der Waals surface area contributed by atoms with E-state index >= 15 is 0 Å². The molecule has 0 aromatic carbocycles. The highest BCUT2D eigenvalue weighted by atomic mass is 19.4. The van der Waals surface area contributed by atoms with Gasteiger partial charge in [-0.3, -0.25) is 0 Å². The number of halogens is 3. The molecule has 12 heavy (non-hydrogen) atoms. The lowest BCUT2D eigenvalue weighted by atomic mass is 10.2. The Morgan fingerprint density at radius 2 is 1.33 bits per heavy atom. The second-order valence-corrected chi connectivity index (χ2v) is 3.09. The number of aliphatic hydroxyl groups is 1. The van der Waals surface area contributed by atoms with E-state index in [4.69, 9.17) is 9.84 Å². The fourth-order valence-corrected chi connectivity index (χ4v) is 0. The van der Waals surface area contributed by atoms with Gasteiger partial charge in [0.15, 0.2) is 0 Å². The number of hydrogen-bond acceptors (Lipinski definition) is 2. The summed E-state index contributed by atoms with van der Waals surface area (Å²) in [6.45, 7) is 4.33. The van der Waals surface area contributed by atoms with Gasteiger partial charge in [0.05, 0.1) is 5.60 Å². The third-order valence-electron chi connectivity index (χ3n) is 0.792. The lowest BCUT2D eigenvalue weighted by Crippen LogP contribution is -2.15. The summed E-state index contributed by atoms with van der Waals surface area (Å²) in [5.74, 6) is 0. The first-order chi connectivity index (χ1) is 5.12. The van der Waals surface area contributed by atoms with Crippen molar-refractivity contribution >= 4 is 0 Å². The van der Waals surface area contributed by atoms with Crippen molar-refractivity contribution in [1.29, 1.82) is 0 Å². The molecule has 0 amide bonds. The van der Waals surface area contributed by atoms with Crippen LogP contribution in [0.2, 0.25) is 0 Å². The van der Waals surface area contributed by atoms with Crippen LogP contribution in [0.4, 0.5) is 13.2 Å². The van der Waals surface area contributed by atoms with Gasteiger partial charge in [0.1, 0.15) is 6.61 Å². The summed E-state index contributed by atoms with van der Waals surface area (Å²) in [6, 6.07) is 0. The van der Waals surface area contributed by atoms with Crippen LogP contribution in [-0.2, 0) is 4.74 Å². The minimum absolute atomic E-state index is 0.0417. The second-order valence-electron chi connectivity index (χ2n) is 3.09. The van der Waals surface area contributed by atoms with Crippen molar-refractivity contribution in [1.82, 2.24) is 0 Å². The van der Waals surface area contributed by atoms with Crippen molar-refractivity contribution in [2.75, 3.05) is 13.7 Å². The average molecular weight is 188 g/mol. The maximum Gasteiger partial charge on any atom is 0.411 e. The number of hydrogen-bond donors (Lipinski definition) is 1. The van der Waals surface area contributed by atoms with E-state index in [9.17, 15) is 13.2 Å². The summed E-state index contributed by atoms with van der Waals surface area (Å²) in [5.41, 5.74) is 0.0417. The van der Waals surface area contributed by atoms with Crippen LogP contribution in [0.25, 0.3) is 0 Å². The van der Waals surface area contributed by atoms with Crippen molar-refractivity contribution < 1.29 is 23.0 Å². The summed E-state index contributed by atoms with van der Waals surface area (Å²) >= 11 is 0. The number of rotatable bonds is 0. The van der Waals surface area contributed by atoms with E-state index in [-0.39, 0.29) is 5.60 Å². The molecule has 2 nitrogen and oxygen atoms in total. The summed E-state index contributed by atoms with van der Waals surface area (Å²) in [6.07, 6.45) is -4.40. The number of aliphatic hydroxyl groups excluding tert-OH is 1. The van der Waals surface area contributed by atoms with Gasteiger partial charge in [-0.2, -0.15) is 13.2 Å². The predicted molar refractivity (Wildman–Crippen MR) is 39.9 cm³/mol. The lowest BCUT2D eigenvalue weighted by Gasteiger charge is -2.14. The fraction of sp³-hybridized carbons (Fsp3) is 1.00. The molecule has 0 rings (SSSR count). The quantitative estimate of drug-likeness (QED) is 0.629. The van der Waals surface area contributed by atoms with Crippen LogP contribution in [0.1, 0.15) is 20.8 Å². The zero-order valence-corrected chi connectivity index (χ0v) is 7.70. The van der Waals surface area contributed by atoms with E-state index in [0.29, 0.717) is 0 Å². The normalized spacial score (nSPS) is 12.0. The van der Waals surface area contributed by atoms with E-state index in [1.54, 1.807) is 7.11 Å². The summed E-state index contributed by atoms with van der Waals surface area (Å²) in [4.78, 5) is 0. The van der Waals surface area contributed by atoms with Crippen LogP contribution in [-0.4, -0.2) is 30.6 Å². The van der Waals surface area contributed by atoms with Gasteiger partial charge in [0.2, 0.25) is 0 Å². The first-order valence-electron chi connectivity index (χ1n) is 3.35. The molecule has 0 aromatic heterocycles. The molecule has 76 valence electrons. The SMILES string of the molecule is COC(C)(C)C.OCC(F)(F)F. The second kappa shape index (κ2) is 5.37. The molecule has 0 aliphatic carbocycles. The number of alkyl halides is 3. The van der Waals surface area contributed by atoms with E-state index < -0.39 is 12.8 Å².